The summed E-state index contributed by atoms with van der Waals surface area (Å²) in [5.74, 6) is 1.63. The average molecular weight is 338 g/mol. The number of aromatic nitrogens is 1. The molecule has 5 nitrogen and oxygen atoms in total. The highest BCUT2D eigenvalue weighted by atomic mass is 16.2. The minimum Gasteiger partial charge on any atom is -0.397 e. The van der Waals surface area contributed by atoms with Crippen molar-refractivity contribution in [2.24, 2.45) is 0 Å². The first-order valence-electron chi connectivity index (χ1n) is 8.86. The molecule has 5 heteroatoms. The van der Waals surface area contributed by atoms with E-state index in [0.29, 0.717) is 18.0 Å². The molecule has 0 unspecified atom stereocenters. The summed E-state index contributed by atoms with van der Waals surface area (Å²) in [4.78, 5) is 21.1. The molecule has 1 aliphatic rings. The van der Waals surface area contributed by atoms with Gasteiger partial charge >= 0.3 is 0 Å². The Morgan fingerprint density at radius 3 is 2.32 bits per heavy atom. The van der Waals surface area contributed by atoms with Crippen LogP contribution in [0.25, 0.3) is 0 Å². The largest absolute Gasteiger partial charge is 0.397 e. The van der Waals surface area contributed by atoms with Gasteiger partial charge in [0.1, 0.15) is 5.82 Å². The molecule has 1 aliphatic heterocycles. The van der Waals surface area contributed by atoms with E-state index in [1.165, 1.54) is 5.56 Å². The molecule has 1 aromatic heterocycles. The number of hydrogen-bond acceptors (Lipinski definition) is 4. The van der Waals surface area contributed by atoms with Crippen molar-refractivity contribution in [1.82, 2.24) is 9.88 Å². The summed E-state index contributed by atoms with van der Waals surface area (Å²) in [5.41, 5.74) is 8.74. The van der Waals surface area contributed by atoms with Gasteiger partial charge in [-0.15, -0.1) is 0 Å². The van der Waals surface area contributed by atoms with Crippen molar-refractivity contribution < 1.29 is 4.79 Å². The van der Waals surface area contributed by atoms with Crippen LogP contribution in [0.5, 0.6) is 0 Å². The molecule has 25 heavy (non-hydrogen) atoms. The summed E-state index contributed by atoms with van der Waals surface area (Å²) >= 11 is 0. The summed E-state index contributed by atoms with van der Waals surface area (Å²) in [6.07, 6.45) is 2.15. The molecule has 0 bridgehead atoms. The van der Waals surface area contributed by atoms with E-state index in [0.717, 1.165) is 37.6 Å². The van der Waals surface area contributed by atoms with Gasteiger partial charge in [0.25, 0.3) is 0 Å². The standard InChI is InChI=1S/C20H26N4O/c1-15(2)17-5-3-16(4-6-17)13-20(25)24-11-9-23(10-12-24)19-8-7-18(21)14-22-19/h3-8,14-15H,9-13,21H2,1-2H3. The van der Waals surface area contributed by atoms with Gasteiger partial charge in [-0.25, -0.2) is 4.98 Å². The molecule has 1 fully saturated rings. The lowest BCUT2D eigenvalue weighted by Crippen LogP contribution is -2.49. The van der Waals surface area contributed by atoms with Gasteiger partial charge in [-0.2, -0.15) is 0 Å². The van der Waals surface area contributed by atoms with Crippen LogP contribution in [0, 0.1) is 0 Å². The number of hydrogen-bond donors (Lipinski definition) is 1. The highest BCUT2D eigenvalue weighted by Crippen LogP contribution is 2.17. The van der Waals surface area contributed by atoms with Crippen molar-refractivity contribution in [2.45, 2.75) is 26.2 Å². The SMILES string of the molecule is CC(C)c1ccc(CC(=O)N2CCN(c3ccc(N)cn3)CC2)cc1. The maximum absolute atomic E-state index is 12.5. The Labute approximate surface area is 149 Å². The van der Waals surface area contributed by atoms with E-state index < -0.39 is 0 Å². The number of nitrogens with zero attached hydrogens (tertiary/aromatic N) is 3. The lowest BCUT2D eigenvalue weighted by Gasteiger charge is -2.35. The molecule has 0 radical (unpaired) electrons. The van der Waals surface area contributed by atoms with Gasteiger partial charge in [0, 0.05) is 26.2 Å². The van der Waals surface area contributed by atoms with E-state index in [-0.39, 0.29) is 5.91 Å². The van der Waals surface area contributed by atoms with E-state index >= 15 is 0 Å². The Hall–Kier alpha value is -2.56. The van der Waals surface area contributed by atoms with Gasteiger partial charge in [-0.1, -0.05) is 38.1 Å². The van der Waals surface area contributed by atoms with Crippen LogP contribution >= 0.6 is 0 Å². The highest BCUT2D eigenvalue weighted by molar-refractivity contribution is 5.79. The lowest BCUT2D eigenvalue weighted by molar-refractivity contribution is -0.130. The summed E-state index contributed by atoms with van der Waals surface area (Å²) in [7, 11) is 0. The molecule has 2 aromatic rings. The van der Waals surface area contributed by atoms with Crippen LogP contribution in [-0.2, 0) is 11.2 Å². The smallest absolute Gasteiger partial charge is 0.227 e. The third-order valence-electron chi connectivity index (χ3n) is 4.73. The van der Waals surface area contributed by atoms with Gasteiger partial charge < -0.3 is 15.5 Å². The molecule has 0 saturated carbocycles. The molecular formula is C20H26N4O. The number of pyridine rings is 1. The number of carbonyl (C=O) groups is 1. The van der Waals surface area contributed by atoms with Crippen molar-refractivity contribution in [3.8, 4) is 0 Å². The summed E-state index contributed by atoms with van der Waals surface area (Å²) in [6, 6.07) is 12.2. The molecule has 3 rings (SSSR count). The third kappa shape index (κ3) is 4.29. The number of anilines is 2. The van der Waals surface area contributed by atoms with E-state index in [2.05, 4.69) is 48.0 Å². The monoisotopic (exact) mass is 338 g/mol. The number of benzene rings is 1. The molecule has 0 spiro atoms. The predicted octanol–water partition coefficient (Wildman–Crippen LogP) is 2.68. The minimum absolute atomic E-state index is 0.196. The number of rotatable bonds is 4. The van der Waals surface area contributed by atoms with E-state index in [1.54, 1.807) is 6.20 Å². The third-order valence-corrected chi connectivity index (χ3v) is 4.73. The van der Waals surface area contributed by atoms with Crippen LogP contribution in [0.4, 0.5) is 11.5 Å². The molecule has 1 aromatic carbocycles. The van der Waals surface area contributed by atoms with E-state index in [4.69, 9.17) is 5.73 Å². The summed E-state index contributed by atoms with van der Waals surface area (Å²) in [6.45, 7) is 7.42. The van der Waals surface area contributed by atoms with E-state index in [1.807, 2.05) is 17.0 Å². The average Bonchev–Trinajstić information content (AvgIpc) is 2.63. The maximum Gasteiger partial charge on any atom is 0.227 e. The van der Waals surface area contributed by atoms with Gasteiger partial charge in [-0.05, 0) is 29.2 Å². The van der Waals surface area contributed by atoms with Crippen LogP contribution in [0.15, 0.2) is 42.6 Å². The van der Waals surface area contributed by atoms with Crippen molar-refractivity contribution in [3.05, 3.63) is 53.7 Å². The number of carbonyl (C=O) groups excluding carboxylic acids is 1. The van der Waals surface area contributed by atoms with Gasteiger partial charge in [-0.3, -0.25) is 4.79 Å². The number of amides is 1. The molecule has 132 valence electrons. The fourth-order valence-corrected chi connectivity index (χ4v) is 3.08. The first-order valence-corrected chi connectivity index (χ1v) is 8.86. The zero-order chi connectivity index (χ0) is 17.8. The Balaban J connectivity index is 1.53. The second-order valence-corrected chi connectivity index (χ2v) is 6.89. The zero-order valence-corrected chi connectivity index (χ0v) is 15.0. The predicted molar refractivity (Wildman–Crippen MR) is 102 cm³/mol. The van der Waals surface area contributed by atoms with Crippen molar-refractivity contribution in [2.75, 3.05) is 36.8 Å². The van der Waals surface area contributed by atoms with Crippen LogP contribution < -0.4 is 10.6 Å². The second kappa shape index (κ2) is 7.55. The Morgan fingerprint density at radius 2 is 1.76 bits per heavy atom. The van der Waals surface area contributed by atoms with Gasteiger partial charge in [0.15, 0.2) is 0 Å². The first kappa shape index (κ1) is 17.3. The van der Waals surface area contributed by atoms with Gasteiger partial charge in [0.2, 0.25) is 5.91 Å². The van der Waals surface area contributed by atoms with Crippen molar-refractivity contribution in [1.29, 1.82) is 0 Å². The molecule has 2 heterocycles. The number of piperazine rings is 1. The molecular weight excluding hydrogens is 312 g/mol. The fraction of sp³-hybridized carbons (Fsp3) is 0.400. The van der Waals surface area contributed by atoms with Crippen LogP contribution in [0.2, 0.25) is 0 Å². The van der Waals surface area contributed by atoms with Crippen molar-refractivity contribution in [3.63, 3.8) is 0 Å². The second-order valence-electron chi connectivity index (χ2n) is 6.89. The molecule has 0 atom stereocenters. The van der Waals surface area contributed by atoms with Crippen LogP contribution in [0.1, 0.15) is 30.9 Å². The molecule has 1 amide bonds. The van der Waals surface area contributed by atoms with E-state index in [9.17, 15) is 4.79 Å². The minimum atomic E-state index is 0.196. The molecule has 1 saturated heterocycles. The lowest BCUT2D eigenvalue weighted by atomic mass is 10.0. The summed E-state index contributed by atoms with van der Waals surface area (Å²) < 4.78 is 0. The maximum atomic E-state index is 12.5. The zero-order valence-electron chi connectivity index (χ0n) is 15.0. The van der Waals surface area contributed by atoms with Crippen LogP contribution in [0.3, 0.4) is 0 Å². The molecule has 2 N–H and O–H groups in total. The topological polar surface area (TPSA) is 62.5 Å². The quantitative estimate of drug-likeness (QED) is 0.931. The highest BCUT2D eigenvalue weighted by Gasteiger charge is 2.21. The number of nitrogen functional groups attached to an aromatic ring is 1. The fourth-order valence-electron chi connectivity index (χ4n) is 3.08. The number of nitrogens with two attached hydrogens (primary N) is 1. The van der Waals surface area contributed by atoms with Crippen LogP contribution in [-0.4, -0.2) is 42.0 Å². The summed E-state index contributed by atoms with van der Waals surface area (Å²) in [5, 5.41) is 0. The van der Waals surface area contributed by atoms with Gasteiger partial charge in [0.05, 0.1) is 18.3 Å². The Morgan fingerprint density at radius 1 is 1.08 bits per heavy atom. The van der Waals surface area contributed by atoms with Crippen molar-refractivity contribution >= 4 is 17.4 Å². The normalized spacial score (nSPS) is 14.8. The first-order chi connectivity index (χ1) is 12.0. The Bertz CT molecular complexity index is 701. The molecule has 0 aliphatic carbocycles. The Kier molecular flexibility index (Phi) is 5.22.